The molecule has 0 spiro atoms. The van der Waals surface area contributed by atoms with Crippen LogP contribution in [-0.4, -0.2) is 51.6 Å². The number of carbonyl (C=O) groups is 2. The molecule has 8 heteroatoms. The van der Waals surface area contributed by atoms with Gasteiger partial charge in [-0.25, -0.2) is 9.48 Å². The molecule has 1 aliphatic heterocycles. The molecule has 2 amide bonds. The molecule has 2 rings (SSSR count). The molecule has 1 aliphatic rings. The number of nitrogens with one attached hydrogen (secondary N) is 1. The minimum atomic E-state index is -0.582. The third kappa shape index (κ3) is 3.94. The van der Waals surface area contributed by atoms with E-state index in [2.05, 4.69) is 15.6 Å². The summed E-state index contributed by atoms with van der Waals surface area (Å²) in [6.45, 7) is 3.75. The number of anilines is 1. The number of hydrogen-bond acceptors (Lipinski definition) is 5. The molecule has 0 aromatic carbocycles. The zero-order chi connectivity index (χ0) is 14.4. The summed E-state index contributed by atoms with van der Waals surface area (Å²) < 4.78 is 6.14. The predicted octanol–water partition coefficient (Wildman–Crippen LogP) is 0.859. The molecule has 1 saturated heterocycles. The van der Waals surface area contributed by atoms with Crippen LogP contribution in [0.3, 0.4) is 0 Å². The van der Waals surface area contributed by atoms with Crippen molar-refractivity contribution in [2.24, 2.45) is 0 Å². The van der Waals surface area contributed by atoms with Gasteiger partial charge in [0.1, 0.15) is 6.54 Å². The van der Waals surface area contributed by atoms with Crippen LogP contribution in [0.5, 0.6) is 0 Å². The number of ether oxygens (including phenoxy) is 1. The average Bonchev–Trinajstić information content (AvgIpc) is 2.87. The summed E-state index contributed by atoms with van der Waals surface area (Å²) in [5.74, 6) is 0.298. The van der Waals surface area contributed by atoms with Gasteiger partial charge in [0.15, 0.2) is 5.82 Å². The normalized spacial score (nSPS) is 14.9. The summed E-state index contributed by atoms with van der Waals surface area (Å²) in [6.07, 6.45) is 4.22. The van der Waals surface area contributed by atoms with Gasteiger partial charge in [-0.3, -0.25) is 10.1 Å². The topological polar surface area (TPSA) is 89.4 Å². The Morgan fingerprint density at radius 2 is 2.10 bits per heavy atom. The fraction of sp³-hybridized carbons (Fsp3) is 0.667. The van der Waals surface area contributed by atoms with Crippen molar-refractivity contribution in [2.45, 2.75) is 32.7 Å². The minimum absolute atomic E-state index is 0.0253. The van der Waals surface area contributed by atoms with Gasteiger partial charge < -0.3 is 9.64 Å². The van der Waals surface area contributed by atoms with Gasteiger partial charge in [-0.15, -0.1) is 5.10 Å². The Hall–Kier alpha value is -2.12. The largest absolute Gasteiger partial charge is 0.450 e. The molecule has 2 heterocycles. The third-order valence-corrected chi connectivity index (χ3v) is 3.05. The lowest BCUT2D eigenvalue weighted by Crippen LogP contribution is -2.37. The number of piperidine rings is 1. The Kier molecular flexibility index (Phi) is 4.91. The minimum Gasteiger partial charge on any atom is -0.450 e. The molecular formula is C12H19N5O3. The zero-order valence-electron chi connectivity index (χ0n) is 11.5. The van der Waals surface area contributed by atoms with Crippen LogP contribution >= 0.6 is 0 Å². The molecule has 1 aromatic rings. The van der Waals surface area contributed by atoms with E-state index in [-0.39, 0.29) is 24.9 Å². The second-order valence-electron chi connectivity index (χ2n) is 4.59. The molecular weight excluding hydrogens is 262 g/mol. The van der Waals surface area contributed by atoms with Crippen LogP contribution in [0.4, 0.5) is 10.6 Å². The summed E-state index contributed by atoms with van der Waals surface area (Å²) in [4.78, 5) is 25.1. The van der Waals surface area contributed by atoms with Crippen molar-refractivity contribution in [2.75, 3.05) is 25.0 Å². The predicted molar refractivity (Wildman–Crippen MR) is 71.1 cm³/mol. The van der Waals surface area contributed by atoms with Gasteiger partial charge in [0, 0.05) is 13.1 Å². The highest BCUT2D eigenvalue weighted by molar-refractivity contribution is 5.83. The molecule has 0 radical (unpaired) electrons. The Labute approximate surface area is 117 Å². The highest BCUT2D eigenvalue weighted by Gasteiger charge is 2.17. The maximum absolute atomic E-state index is 12.0. The molecule has 8 nitrogen and oxygen atoms in total. The van der Waals surface area contributed by atoms with Gasteiger partial charge in [-0.05, 0) is 26.2 Å². The van der Waals surface area contributed by atoms with Gasteiger partial charge in [0.2, 0.25) is 5.91 Å². The zero-order valence-corrected chi connectivity index (χ0v) is 11.5. The Morgan fingerprint density at radius 3 is 2.80 bits per heavy atom. The first kappa shape index (κ1) is 14.3. The van der Waals surface area contributed by atoms with Gasteiger partial charge in [-0.1, -0.05) is 5.21 Å². The Bertz CT molecular complexity index is 467. The standard InChI is InChI=1S/C12H19N5O3/c1-2-20-12(19)13-10-8-17(15-14-10)9-11(18)16-6-4-3-5-7-16/h8H,2-7,9H2,1H3,(H,13,19). The van der Waals surface area contributed by atoms with E-state index in [0.717, 1.165) is 25.9 Å². The molecule has 0 bridgehead atoms. The second-order valence-corrected chi connectivity index (χ2v) is 4.59. The molecule has 0 saturated carbocycles. The van der Waals surface area contributed by atoms with Gasteiger partial charge >= 0.3 is 6.09 Å². The van der Waals surface area contributed by atoms with E-state index in [0.29, 0.717) is 0 Å². The van der Waals surface area contributed by atoms with Crippen LogP contribution < -0.4 is 5.32 Å². The number of aromatic nitrogens is 3. The maximum atomic E-state index is 12.0. The van der Waals surface area contributed by atoms with E-state index in [1.54, 1.807) is 6.92 Å². The van der Waals surface area contributed by atoms with E-state index < -0.39 is 6.09 Å². The SMILES string of the molecule is CCOC(=O)Nc1cn(CC(=O)N2CCCCC2)nn1. The summed E-state index contributed by atoms with van der Waals surface area (Å²) >= 11 is 0. The third-order valence-electron chi connectivity index (χ3n) is 3.05. The van der Waals surface area contributed by atoms with Gasteiger partial charge in [0.05, 0.1) is 12.8 Å². The van der Waals surface area contributed by atoms with E-state index in [9.17, 15) is 9.59 Å². The molecule has 0 aliphatic carbocycles. The molecule has 0 atom stereocenters. The van der Waals surface area contributed by atoms with Crippen LogP contribution in [0, 0.1) is 0 Å². The molecule has 110 valence electrons. The van der Waals surface area contributed by atoms with Gasteiger partial charge in [-0.2, -0.15) is 0 Å². The number of likely N-dealkylation sites (tertiary alicyclic amines) is 1. The van der Waals surface area contributed by atoms with Crippen molar-refractivity contribution >= 4 is 17.8 Å². The van der Waals surface area contributed by atoms with Crippen molar-refractivity contribution in [3.05, 3.63) is 6.20 Å². The van der Waals surface area contributed by atoms with Crippen molar-refractivity contribution in [1.29, 1.82) is 0 Å². The number of rotatable bonds is 4. The summed E-state index contributed by atoms with van der Waals surface area (Å²) in [7, 11) is 0. The highest BCUT2D eigenvalue weighted by atomic mass is 16.5. The smallest absolute Gasteiger partial charge is 0.412 e. The molecule has 0 unspecified atom stereocenters. The first-order chi connectivity index (χ1) is 9.69. The average molecular weight is 281 g/mol. The molecule has 20 heavy (non-hydrogen) atoms. The van der Waals surface area contributed by atoms with Gasteiger partial charge in [0.25, 0.3) is 0 Å². The lowest BCUT2D eigenvalue weighted by molar-refractivity contribution is -0.132. The number of nitrogens with zero attached hydrogens (tertiary/aromatic N) is 4. The van der Waals surface area contributed by atoms with Crippen LogP contribution in [0.25, 0.3) is 0 Å². The fourth-order valence-electron chi connectivity index (χ4n) is 2.09. The molecule has 1 aromatic heterocycles. The van der Waals surface area contributed by atoms with Crippen molar-refractivity contribution < 1.29 is 14.3 Å². The van der Waals surface area contributed by atoms with Crippen LogP contribution in [0.15, 0.2) is 6.20 Å². The van der Waals surface area contributed by atoms with E-state index in [1.165, 1.54) is 17.3 Å². The number of amides is 2. The first-order valence-corrected chi connectivity index (χ1v) is 6.80. The summed E-state index contributed by atoms with van der Waals surface area (Å²) in [5, 5.41) is 10.0. The van der Waals surface area contributed by atoms with Crippen molar-refractivity contribution in [3.63, 3.8) is 0 Å². The van der Waals surface area contributed by atoms with Crippen molar-refractivity contribution in [3.8, 4) is 0 Å². The number of hydrogen-bond donors (Lipinski definition) is 1. The van der Waals surface area contributed by atoms with Crippen molar-refractivity contribution in [1.82, 2.24) is 19.9 Å². The second kappa shape index (κ2) is 6.88. The Morgan fingerprint density at radius 1 is 1.35 bits per heavy atom. The first-order valence-electron chi connectivity index (χ1n) is 6.80. The molecule has 1 fully saturated rings. The van der Waals surface area contributed by atoms with E-state index in [4.69, 9.17) is 4.74 Å². The lowest BCUT2D eigenvalue weighted by atomic mass is 10.1. The van der Waals surface area contributed by atoms with Crippen LogP contribution in [-0.2, 0) is 16.1 Å². The Balaban J connectivity index is 1.85. The highest BCUT2D eigenvalue weighted by Crippen LogP contribution is 2.09. The van der Waals surface area contributed by atoms with Crippen LogP contribution in [0.1, 0.15) is 26.2 Å². The maximum Gasteiger partial charge on any atom is 0.412 e. The summed E-state index contributed by atoms with van der Waals surface area (Å²) in [5.41, 5.74) is 0. The lowest BCUT2D eigenvalue weighted by Gasteiger charge is -2.26. The monoisotopic (exact) mass is 281 g/mol. The number of carbonyl (C=O) groups excluding carboxylic acids is 2. The fourth-order valence-corrected chi connectivity index (χ4v) is 2.09. The van der Waals surface area contributed by atoms with E-state index in [1.807, 2.05) is 4.90 Å². The van der Waals surface area contributed by atoms with Crippen LogP contribution in [0.2, 0.25) is 0 Å². The quantitative estimate of drug-likeness (QED) is 0.884. The van der Waals surface area contributed by atoms with E-state index >= 15 is 0 Å². The summed E-state index contributed by atoms with van der Waals surface area (Å²) in [6, 6.07) is 0. The molecule has 1 N–H and O–H groups in total.